The Bertz CT molecular complexity index is 396. The molecule has 92 valence electrons. The van der Waals surface area contributed by atoms with Gasteiger partial charge in [-0.3, -0.25) is 9.59 Å². The molecule has 0 heterocycles. The molecular weight excluding hydrogens is 218 g/mol. The number of benzene rings is 1. The molecule has 0 aliphatic heterocycles. The fourth-order valence-corrected chi connectivity index (χ4v) is 1.32. The summed E-state index contributed by atoms with van der Waals surface area (Å²) < 4.78 is 5.13. The predicted molar refractivity (Wildman–Crippen MR) is 65.8 cm³/mol. The predicted octanol–water partition coefficient (Wildman–Crippen LogP) is 2.60. The third-order valence-corrected chi connectivity index (χ3v) is 1.98. The molecule has 0 fully saturated rings. The molecule has 1 N–H and O–H groups in total. The number of amides is 1. The van der Waals surface area contributed by atoms with Crippen molar-refractivity contribution in [3.05, 3.63) is 24.3 Å². The minimum atomic E-state index is -0.243. The van der Waals surface area contributed by atoms with E-state index in [1.165, 1.54) is 6.92 Å². The van der Waals surface area contributed by atoms with Crippen molar-refractivity contribution >= 4 is 17.6 Å². The first-order chi connectivity index (χ1) is 7.97. The summed E-state index contributed by atoms with van der Waals surface area (Å²) >= 11 is 0. The van der Waals surface area contributed by atoms with Crippen LogP contribution in [-0.2, 0) is 9.59 Å². The van der Waals surface area contributed by atoms with E-state index in [9.17, 15) is 9.59 Å². The molecule has 1 aromatic carbocycles. The van der Waals surface area contributed by atoms with E-state index in [0.717, 1.165) is 0 Å². The first kappa shape index (κ1) is 13.2. The molecule has 4 nitrogen and oxygen atoms in total. The monoisotopic (exact) mass is 235 g/mol. The second-order valence-electron chi connectivity index (χ2n) is 4.28. The van der Waals surface area contributed by atoms with Crippen LogP contribution >= 0.6 is 0 Å². The van der Waals surface area contributed by atoms with E-state index >= 15 is 0 Å². The molecule has 0 aliphatic rings. The van der Waals surface area contributed by atoms with E-state index in [1.807, 2.05) is 13.8 Å². The van der Waals surface area contributed by atoms with Gasteiger partial charge < -0.3 is 10.1 Å². The normalized spacial score (nSPS) is 10.1. The number of carbonyl (C=O) groups is 2. The van der Waals surface area contributed by atoms with Crippen LogP contribution in [0.3, 0.4) is 0 Å². The van der Waals surface area contributed by atoms with Crippen LogP contribution in [0.1, 0.15) is 27.2 Å². The van der Waals surface area contributed by atoms with Gasteiger partial charge in [0.25, 0.3) is 0 Å². The first-order valence-electron chi connectivity index (χ1n) is 5.55. The lowest BCUT2D eigenvalue weighted by atomic mass is 10.1. The number of esters is 1. The van der Waals surface area contributed by atoms with Gasteiger partial charge in [0, 0.05) is 19.0 Å². The van der Waals surface area contributed by atoms with E-state index in [-0.39, 0.29) is 17.8 Å². The maximum atomic E-state index is 11.4. The van der Waals surface area contributed by atoms with Crippen LogP contribution in [0.5, 0.6) is 5.75 Å². The molecule has 0 aliphatic carbocycles. The Labute approximate surface area is 101 Å². The second-order valence-corrected chi connectivity index (χ2v) is 4.28. The SMILES string of the molecule is CC(=O)Nc1ccc(OC(=O)CC(C)C)cc1. The molecular formula is C13H17NO3. The Morgan fingerprint density at radius 1 is 1.24 bits per heavy atom. The summed E-state index contributed by atoms with van der Waals surface area (Å²) in [6.07, 6.45) is 0.396. The number of nitrogens with one attached hydrogen (secondary N) is 1. The molecule has 17 heavy (non-hydrogen) atoms. The number of rotatable bonds is 4. The summed E-state index contributed by atoms with van der Waals surface area (Å²) in [4.78, 5) is 22.2. The van der Waals surface area contributed by atoms with Crippen molar-refractivity contribution in [3.63, 3.8) is 0 Å². The summed E-state index contributed by atoms with van der Waals surface area (Å²) in [5.74, 6) is 0.396. The van der Waals surface area contributed by atoms with E-state index < -0.39 is 0 Å². The fraction of sp³-hybridized carbons (Fsp3) is 0.385. The molecule has 0 aromatic heterocycles. The largest absolute Gasteiger partial charge is 0.427 e. The molecule has 0 saturated carbocycles. The van der Waals surface area contributed by atoms with Crippen LogP contribution < -0.4 is 10.1 Å². The van der Waals surface area contributed by atoms with Crippen molar-refractivity contribution in [2.75, 3.05) is 5.32 Å². The Balaban J connectivity index is 2.56. The Hall–Kier alpha value is -1.84. The van der Waals surface area contributed by atoms with Gasteiger partial charge in [0.05, 0.1) is 0 Å². The smallest absolute Gasteiger partial charge is 0.311 e. The third kappa shape index (κ3) is 5.15. The van der Waals surface area contributed by atoms with Gasteiger partial charge in [-0.1, -0.05) is 13.8 Å². The van der Waals surface area contributed by atoms with Gasteiger partial charge in [0.1, 0.15) is 5.75 Å². The number of hydrogen-bond acceptors (Lipinski definition) is 3. The minimum absolute atomic E-state index is 0.130. The van der Waals surface area contributed by atoms with Crippen molar-refractivity contribution in [2.24, 2.45) is 5.92 Å². The highest BCUT2D eigenvalue weighted by Gasteiger charge is 2.07. The minimum Gasteiger partial charge on any atom is -0.427 e. The molecule has 0 spiro atoms. The molecule has 0 radical (unpaired) electrons. The molecule has 0 bridgehead atoms. The van der Waals surface area contributed by atoms with Gasteiger partial charge in [-0.15, -0.1) is 0 Å². The summed E-state index contributed by atoms with van der Waals surface area (Å²) in [5, 5.41) is 2.64. The highest BCUT2D eigenvalue weighted by Crippen LogP contribution is 2.16. The van der Waals surface area contributed by atoms with E-state index in [0.29, 0.717) is 17.9 Å². The maximum Gasteiger partial charge on any atom is 0.311 e. The van der Waals surface area contributed by atoms with Gasteiger partial charge in [-0.25, -0.2) is 0 Å². The Morgan fingerprint density at radius 2 is 1.82 bits per heavy atom. The van der Waals surface area contributed by atoms with Crippen LogP contribution in [-0.4, -0.2) is 11.9 Å². The van der Waals surface area contributed by atoms with Crippen LogP contribution in [0.4, 0.5) is 5.69 Å². The quantitative estimate of drug-likeness (QED) is 0.644. The second kappa shape index (κ2) is 6.03. The Morgan fingerprint density at radius 3 is 2.29 bits per heavy atom. The van der Waals surface area contributed by atoms with Crippen molar-refractivity contribution < 1.29 is 14.3 Å². The van der Waals surface area contributed by atoms with Crippen LogP contribution in [0.2, 0.25) is 0 Å². The zero-order chi connectivity index (χ0) is 12.8. The zero-order valence-corrected chi connectivity index (χ0v) is 10.3. The lowest BCUT2D eigenvalue weighted by molar-refractivity contribution is -0.135. The highest BCUT2D eigenvalue weighted by molar-refractivity contribution is 5.88. The molecule has 4 heteroatoms. The number of hydrogen-bond donors (Lipinski definition) is 1. The molecule has 0 atom stereocenters. The van der Waals surface area contributed by atoms with Crippen molar-refractivity contribution in [3.8, 4) is 5.75 Å². The van der Waals surface area contributed by atoms with Gasteiger partial charge in [0.2, 0.25) is 5.91 Å². The molecule has 0 saturated heterocycles. The topological polar surface area (TPSA) is 55.4 Å². The number of anilines is 1. The average Bonchev–Trinajstić information content (AvgIpc) is 2.18. The summed E-state index contributed by atoms with van der Waals surface area (Å²) in [6.45, 7) is 5.36. The zero-order valence-electron chi connectivity index (χ0n) is 10.3. The van der Waals surface area contributed by atoms with Crippen molar-refractivity contribution in [2.45, 2.75) is 27.2 Å². The standard InChI is InChI=1S/C13H17NO3/c1-9(2)8-13(16)17-12-6-4-11(5-7-12)14-10(3)15/h4-7,9H,8H2,1-3H3,(H,14,15). The van der Waals surface area contributed by atoms with E-state index in [4.69, 9.17) is 4.74 Å². The van der Waals surface area contributed by atoms with Crippen LogP contribution in [0.15, 0.2) is 24.3 Å². The lowest BCUT2D eigenvalue weighted by Crippen LogP contribution is -2.11. The fourth-order valence-electron chi connectivity index (χ4n) is 1.32. The average molecular weight is 235 g/mol. The van der Waals surface area contributed by atoms with Crippen molar-refractivity contribution in [1.29, 1.82) is 0 Å². The molecule has 1 aromatic rings. The number of carbonyl (C=O) groups excluding carboxylic acids is 2. The van der Waals surface area contributed by atoms with Gasteiger partial charge in [-0.05, 0) is 30.2 Å². The molecule has 1 rings (SSSR count). The van der Waals surface area contributed by atoms with E-state index in [1.54, 1.807) is 24.3 Å². The first-order valence-corrected chi connectivity index (χ1v) is 5.55. The van der Waals surface area contributed by atoms with Gasteiger partial charge >= 0.3 is 5.97 Å². The van der Waals surface area contributed by atoms with Gasteiger partial charge in [0.15, 0.2) is 0 Å². The number of ether oxygens (including phenoxy) is 1. The third-order valence-electron chi connectivity index (χ3n) is 1.98. The van der Waals surface area contributed by atoms with Crippen LogP contribution in [0, 0.1) is 5.92 Å². The summed E-state index contributed by atoms with van der Waals surface area (Å²) in [5.41, 5.74) is 0.682. The van der Waals surface area contributed by atoms with Crippen LogP contribution in [0.25, 0.3) is 0 Å². The lowest BCUT2D eigenvalue weighted by Gasteiger charge is -2.07. The molecule has 0 unspecified atom stereocenters. The highest BCUT2D eigenvalue weighted by atomic mass is 16.5. The van der Waals surface area contributed by atoms with E-state index in [2.05, 4.69) is 5.32 Å². The maximum absolute atomic E-state index is 11.4. The Kier molecular flexibility index (Phi) is 4.69. The van der Waals surface area contributed by atoms with Crippen molar-refractivity contribution in [1.82, 2.24) is 0 Å². The summed E-state index contributed by atoms with van der Waals surface area (Å²) in [6, 6.07) is 6.70. The summed E-state index contributed by atoms with van der Waals surface area (Å²) in [7, 11) is 0. The van der Waals surface area contributed by atoms with Gasteiger partial charge in [-0.2, -0.15) is 0 Å². The molecule has 1 amide bonds.